The second-order valence-electron chi connectivity index (χ2n) is 2.40. The standard InChI is InChI=1S/C8H12S/c1-7(2)8-4-3-5-9-6-8/h3-5,7H,6H2,1-2H3/i6D. The first-order valence-electron chi connectivity index (χ1n) is 3.74. The van der Waals surface area contributed by atoms with Crippen molar-refractivity contribution >= 4 is 11.8 Å². The zero-order valence-electron chi connectivity index (χ0n) is 6.79. The van der Waals surface area contributed by atoms with Crippen LogP contribution in [0.4, 0.5) is 0 Å². The van der Waals surface area contributed by atoms with Gasteiger partial charge in [0.1, 0.15) is 0 Å². The molecule has 1 aliphatic rings. The Labute approximate surface area is 62.4 Å². The summed E-state index contributed by atoms with van der Waals surface area (Å²) in [5, 5.41) is 1.98. The van der Waals surface area contributed by atoms with Gasteiger partial charge in [0.15, 0.2) is 0 Å². The lowest BCUT2D eigenvalue weighted by atomic mass is 10.1. The lowest BCUT2D eigenvalue weighted by molar-refractivity contribution is 0.773. The van der Waals surface area contributed by atoms with E-state index in [4.69, 9.17) is 1.37 Å². The first-order chi connectivity index (χ1) is 4.72. The fourth-order valence-corrected chi connectivity index (χ4v) is 1.44. The molecular formula is C8H12S. The first-order valence-corrected chi connectivity index (χ1v) is 4.10. The normalized spacial score (nSPS) is 28.1. The molecule has 0 spiro atoms. The van der Waals surface area contributed by atoms with Gasteiger partial charge in [-0.05, 0) is 11.3 Å². The van der Waals surface area contributed by atoms with E-state index in [-0.39, 0.29) is 5.73 Å². The summed E-state index contributed by atoms with van der Waals surface area (Å²) in [7, 11) is 0. The molecule has 0 aromatic rings. The number of allylic oxidation sites excluding steroid dienone is 2. The highest BCUT2D eigenvalue weighted by Crippen LogP contribution is 2.20. The van der Waals surface area contributed by atoms with Crippen LogP contribution in [-0.2, 0) is 0 Å². The number of thioether (sulfide) groups is 1. The second kappa shape index (κ2) is 3.11. The van der Waals surface area contributed by atoms with E-state index in [1.165, 1.54) is 5.57 Å². The summed E-state index contributed by atoms with van der Waals surface area (Å²) in [5.41, 5.74) is 1.16. The average molecular weight is 141 g/mol. The van der Waals surface area contributed by atoms with E-state index in [0.717, 1.165) is 0 Å². The van der Waals surface area contributed by atoms with Gasteiger partial charge >= 0.3 is 0 Å². The Bertz CT molecular complexity index is 170. The fourth-order valence-electron chi connectivity index (χ4n) is 0.681. The molecule has 0 N–H and O–H groups in total. The Morgan fingerprint density at radius 3 is 3.00 bits per heavy atom. The van der Waals surface area contributed by atoms with E-state index in [9.17, 15) is 0 Å². The van der Waals surface area contributed by atoms with Gasteiger partial charge in [-0.15, -0.1) is 11.8 Å². The number of hydrogen-bond acceptors (Lipinski definition) is 1. The minimum absolute atomic E-state index is 0.0648. The molecule has 0 bridgehead atoms. The third-order valence-corrected chi connectivity index (χ3v) is 2.04. The maximum Gasteiger partial charge on any atom is 0.0431 e. The van der Waals surface area contributed by atoms with Crippen molar-refractivity contribution in [1.82, 2.24) is 0 Å². The molecule has 1 unspecified atom stereocenters. The van der Waals surface area contributed by atoms with Crippen molar-refractivity contribution in [3.05, 3.63) is 23.1 Å². The fraction of sp³-hybridized carbons (Fsp3) is 0.500. The van der Waals surface area contributed by atoms with Crippen molar-refractivity contribution in [2.75, 3.05) is 5.73 Å². The summed E-state index contributed by atoms with van der Waals surface area (Å²) < 4.78 is 7.60. The minimum Gasteiger partial charge on any atom is -0.130 e. The zero-order valence-corrected chi connectivity index (χ0v) is 6.61. The van der Waals surface area contributed by atoms with Crippen molar-refractivity contribution in [3.63, 3.8) is 0 Å². The van der Waals surface area contributed by atoms with Crippen LogP contribution in [0.25, 0.3) is 0 Å². The molecule has 0 fully saturated rings. The molecule has 0 amide bonds. The van der Waals surface area contributed by atoms with Crippen molar-refractivity contribution in [2.24, 2.45) is 5.92 Å². The predicted octanol–water partition coefficient (Wildman–Crippen LogP) is 2.83. The van der Waals surface area contributed by atoms with E-state index >= 15 is 0 Å². The molecule has 0 nitrogen and oxygen atoms in total. The van der Waals surface area contributed by atoms with Crippen molar-refractivity contribution in [1.29, 1.82) is 0 Å². The molecule has 9 heavy (non-hydrogen) atoms. The smallest absolute Gasteiger partial charge is 0.0431 e. The van der Waals surface area contributed by atoms with Gasteiger partial charge in [-0.1, -0.05) is 31.6 Å². The van der Waals surface area contributed by atoms with E-state index in [1.54, 1.807) is 11.8 Å². The Morgan fingerprint density at radius 2 is 2.56 bits per heavy atom. The summed E-state index contributed by atoms with van der Waals surface area (Å²) in [6.07, 6.45) is 4.07. The highest BCUT2D eigenvalue weighted by molar-refractivity contribution is 8.02. The van der Waals surface area contributed by atoms with Crippen LogP contribution in [0.2, 0.25) is 0 Å². The van der Waals surface area contributed by atoms with Crippen LogP contribution in [-0.4, -0.2) is 5.73 Å². The SMILES string of the molecule is [2H]C1SC=CC=C1C(C)C. The first kappa shape index (κ1) is 5.60. The van der Waals surface area contributed by atoms with Crippen molar-refractivity contribution < 1.29 is 1.37 Å². The van der Waals surface area contributed by atoms with Crippen molar-refractivity contribution in [3.8, 4) is 0 Å². The molecule has 0 radical (unpaired) electrons. The Morgan fingerprint density at radius 1 is 1.78 bits per heavy atom. The summed E-state index contributed by atoms with van der Waals surface area (Å²) >= 11 is 1.57. The molecule has 0 aromatic carbocycles. The van der Waals surface area contributed by atoms with Crippen LogP contribution >= 0.6 is 11.8 Å². The highest BCUT2D eigenvalue weighted by Gasteiger charge is 2.02. The molecule has 1 heterocycles. The minimum atomic E-state index is -0.0648. The topological polar surface area (TPSA) is 0 Å². The van der Waals surface area contributed by atoms with Gasteiger partial charge in [-0.2, -0.15) is 0 Å². The number of rotatable bonds is 1. The van der Waals surface area contributed by atoms with Crippen molar-refractivity contribution in [2.45, 2.75) is 13.8 Å². The van der Waals surface area contributed by atoms with Crippen LogP contribution in [0, 0.1) is 5.92 Å². The Hall–Kier alpha value is -0.170. The summed E-state index contributed by atoms with van der Waals surface area (Å²) in [5.74, 6) is 0.514. The quantitative estimate of drug-likeness (QED) is 0.541. The summed E-state index contributed by atoms with van der Waals surface area (Å²) in [4.78, 5) is 0. The molecule has 0 saturated carbocycles. The van der Waals surface area contributed by atoms with Crippen LogP contribution in [0.15, 0.2) is 23.1 Å². The summed E-state index contributed by atoms with van der Waals surface area (Å²) in [6, 6.07) is 0. The number of hydrogen-bond donors (Lipinski definition) is 0. The largest absolute Gasteiger partial charge is 0.130 e. The third kappa shape index (κ3) is 1.90. The molecule has 1 aliphatic heterocycles. The van der Waals surface area contributed by atoms with Gasteiger partial charge in [0.2, 0.25) is 0 Å². The Balaban J connectivity index is 2.70. The van der Waals surface area contributed by atoms with Crippen LogP contribution in [0.5, 0.6) is 0 Å². The van der Waals surface area contributed by atoms with E-state index in [1.807, 2.05) is 11.5 Å². The average Bonchev–Trinajstić information content (AvgIpc) is 1.88. The summed E-state index contributed by atoms with van der Waals surface area (Å²) in [6.45, 7) is 4.26. The van der Waals surface area contributed by atoms with Gasteiger partial charge < -0.3 is 0 Å². The van der Waals surface area contributed by atoms with E-state index in [0.29, 0.717) is 5.92 Å². The monoisotopic (exact) mass is 141 g/mol. The maximum absolute atomic E-state index is 7.60. The zero-order chi connectivity index (χ0) is 7.56. The van der Waals surface area contributed by atoms with E-state index in [2.05, 4.69) is 19.9 Å². The third-order valence-electron chi connectivity index (χ3n) is 1.32. The molecule has 0 aliphatic carbocycles. The predicted molar refractivity (Wildman–Crippen MR) is 44.5 cm³/mol. The van der Waals surface area contributed by atoms with Gasteiger partial charge in [-0.25, -0.2) is 0 Å². The molecule has 1 rings (SSSR count). The van der Waals surface area contributed by atoms with Crippen LogP contribution in [0.1, 0.15) is 15.2 Å². The van der Waals surface area contributed by atoms with Crippen LogP contribution < -0.4 is 0 Å². The Kier molecular flexibility index (Phi) is 1.94. The molecule has 1 heteroatoms. The van der Waals surface area contributed by atoms with Crippen LogP contribution in [0.3, 0.4) is 0 Å². The van der Waals surface area contributed by atoms with E-state index < -0.39 is 0 Å². The lowest BCUT2D eigenvalue weighted by Crippen LogP contribution is -1.97. The molecular weight excluding hydrogens is 128 g/mol. The van der Waals surface area contributed by atoms with Gasteiger partial charge in [-0.3, -0.25) is 0 Å². The van der Waals surface area contributed by atoms with Gasteiger partial charge in [0.05, 0.1) is 0 Å². The maximum atomic E-state index is 7.60. The lowest BCUT2D eigenvalue weighted by Gasteiger charge is -2.10. The molecule has 1 atom stereocenters. The second-order valence-corrected chi connectivity index (χ2v) is 3.18. The molecule has 0 saturated heterocycles. The van der Waals surface area contributed by atoms with Gasteiger partial charge in [0.25, 0.3) is 0 Å². The molecule has 0 aromatic heterocycles. The highest BCUT2D eigenvalue weighted by atomic mass is 32.2. The molecule has 50 valence electrons. The van der Waals surface area contributed by atoms with Gasteiger partial charge in [0, 0.05) is 7.10 Å².